The Labute approximate surface area is 160 Å². The minimum absolute atomic E-state index is 0.276. The number of amides is 3. The normalized spacial score (nSPS) is 20.8. The lowest BCUT2D eigenvalue weighted by molar-refractivity contribution is -0.884. The summed E-state index contributed by atoms with van der Waals surface area (Å²) in [5.74, 6) is -0.812. The molecule has 0 atom stereocenters. The fraction of sp³-hybridized carbons (Fsp3) is 0.353. The van der Waals surface area contributed by atoms with Gasteiger partial charge in [-0.1, -0.05) is 23.7 Å². The van der Waals surface area contributed by atoms with Crippen LogP contribution < -0.4 is 10.3 Å². The molecule has 2 heterocycles. The zero-order valence-corrected chi connectivity index (χ0v) is 15.9. The molecule has 0 radical (unpaired) electrons. The van der Waals surface area contributed by atoms with Gasteiger partial charge in [0, 0.05) is 5.02 Å². The van der Waals surface area contributed by atoms with Crippen LogP contribution in [0.5, 0.6) is 0 Å². The van der Waals surface area contributed by atoms with Gasteiger partial charge in [-0.3, -0.25) is 24.7 Å². The van der Waals surface area contributed by atoms with Crippen LogP contribution in [0.2, 0.25) is 5.02 Å². The van der Waals surface area contributed by atoms with Crippen molar-refractivity contribution in [3.63, 3.8) is 0 Å². The lowest BCUT2D eigenvalue weighted by Gasteiger charge is -2.30. The molecule has 2 fully saturated rings. The highest BCUT2D eigenvalue weighted by molar-refractivity contribution is 8.18. The van der Waals surface area contributed by atoms with Crippen LogP contribution in [0, 0.1) is 0 Å². The average Bonchev–Trinajstić information content (AvgIpc) is 2.86. The number of hydrogen-bond acceptors (Lipinski definition) is 5. The second-order valence-electron chi connectivity index (χ2n) is 6.30. The molecule has 7 nitrogen and oxygen atoms in total. The molecular weight excluding hydrogens is 376 g/mol. The fourth-order valence-corrected chi connectivity index (χ4v) is 3.67. The van der Waals surface area contributed by atoms with Gasteiger partial charge in [0.2, 0.25) is 0 Å². The number of hydrogen-bond donors (Lipinski definition) is 2. The molecule has 3 rings (SSSR count). The molecule has 1 aromatic carbocycles. The maximum absolute atomic E-state index is 12.5. The summed E-state index contributed by atoms with van der Waals surface area (Å²) in [6, 6.07) is 6.95. The molecule has 2 aliphatic heterocycles. The van der Waals surface area contributed by atoms with Gasteiger partial charge in [0.25, 0.3) is 17.1 Å². The van der Waals surface area contributed by atoms with Crippen LogP contribution in [0.4, 0.5) is 4.79 Å². The van der Waals surface area contributed by atoms with Crippen LogP contribution in [0.25, 0.3) is 6.08 Å². The van der Waals surface area contributed by atoms with E-state index in [9.17, 15) is 14.4 Å². The molecule has 2 saturated heterocycles. The van der Waals surface area contributed by atoms with Crippen LogP contribution in [-0.4, -0.2) is 66.7 Å². The number of nitrogens with one attached hydrogen (secondary N) is 2. The Morgan fingerprint density at radius 2 is 1.92 bits per heavy atom. The summed E-state index contributed by atoms with van der Waals surface area (Å²) < 4.78 is 0. The van der Waals surface area contributed by atoms with Gasteiger partial charge in [-0.25, -0.2) is 5.01 Å². The summed E-state index contributed by atoms with van der Waals surface area (Å²) in [5, 5.41) is 1.99. The van der Waals surface area contributed by atoms with E-state index in [0.29, 0.717) is 9.93 Å². The Kier molecular flexibility index (Phi) is 5.98. The highest BCUT2D eigenvalue weighted by atomic mass is 35.5. The zero-order chi connectivity index (χ0) is 18.7. The maximum atomic E-state index is 12.5. The quantitative estimate of drug-likeness (QED) is 0.714. The first-order valence-corrected chi connectivity index (χ1v) is 9.48. The Balaban J connectivity index is 1.60. The van der Waals surface area contributed by atoms with E-state index < -0.39 is 11.1 Å². The number of carbonyl (C=O) groups is 3. The van der Waals surface area contributed by atoms with Crippen molar-refractivity contribution in [3.05, 3.63) is 39.8 Å². The number of nitrogens with zero attached hydrogens (tertiary/aromatic N) is 2. The summed E-state index contributed by atoms with van der Waals surface area (Å²) in [7, 11) is 2.10. The first-order chi connectivity index (χ1) is 12.4. The van der Waals surface area contributed by atoms with Gasteiger partial charge >= 0.3 is 0 Å². The van der Waals surface area contributed by atoms with Crippen molar-refractivity contribution >= 4 is 46.5 Å². The van der Waals surface area contributed by atoms with Gasteiger partial charge < -0.3 is 4.90 Å². The highest BCUT2D eigenvalue weighted by Crippen LogP contribution is 2.32. The number of hydrazine groups is 1. The summed E-state index contributed by atoms with van der Waals surface area (Å²) >= 11 is 6.68. The van der Waals surface area contributed by atoms with E-state index >= 15 is 0 Å². The summed E-state index contributed by atoms with van der Waals surface area (Å²) in [6.07, 6.45) is 1.63. The van der Waals surface area contributed by atoms with E-state index in [-0.39, 0.29) is 12.5 Å². The lowest BCUT2D eigenvalue weighted by Crippen LogP contribution is -3.12. The van der Waals surface area contributed by atoms with E-state index in [2.05, 4.69) is 12.5 Å². The largest absolute Gasteiger partial charge is 0.335 e. The minimum Gasteiger partial charge on any atom is -0.335 e. The van der Waals surface area contributed by atoms with Crippen molar-refractivity contribution in [1.82, 2.24) is 15.3 Å². The maximum Gasteiger partial charge on any atom is 0.294 e. The number of imide groups is 1. The Hall–Kier alpha value is -1.87. The lowest BCUT2D eigenvalue weighted by atomic mass is 10.2. The molecule has 2 N–H and O–H groups in total. The third-order valence-corrected chi connectivity index (χ3v) is 5.40. The van der Waals surface area contributed by atoms with Crippen molar-refractivity contribution in [1.29, 1.82) is 0 Å². The average molecular weight is 396 g/mol. The molecule has 0 unspecified atom stereocenters. The summed E-state index contributed by atoms with van der Waals surface area (Å²) in [5.41, 5.74) is 3.54. The first kappa shape index (κ1) is 18.9. The van der Waals surface area contributed by atoms with E-state index in [1.54, 1.807) is 30.3 Å². The van der Waals surface area contributed by atoms with Gasteiger partial charge in [0.1, 0.15) is 6.54 Å². The SMILES string of the molecule is C[NH+]1CCN(NC(=O)CN2C(=O)S/C(=C/c3ccc(Cl)cc3)C2=O)CC1. The molecule has 2 aliphatic rings. The molecule has 0 spiro atoms. The molecular formula is C17H20ClN4O3S+. The Bertz CT molecular complexity index is 745. The smallest absolute Gasteiger partial charge is 0.294 e. The molecule has 138 valence electrons. The molecule has 0 saturated carbocycles. The summed E-state index contributed by atoms with van der Waals surface area (Å²) in [6.45, 7) is 3.09. The van der Waals surface area contributed by atoms with Gasteiger partial charge in [0.05, 0.1) is 38.1 Å². The second kappa shape index (κ2) is 8.22. The standard InChI is InChI=1S/C17H19ClN4O3S/c1-20-6-8-21(9-7-20)19-15(23)11-22-16(24)14(26-17(22)25)10-12-2-4-13(18)5-3-12/h2-5,10H,6-9,11H2,1H3,(H,19,23)/p+1/b14-10+. The van der Waals surface area contributed by atoms with Gasteiger partial charge in [0.15, 0.2) is 0 Å². The molecule has 0 bridgehead atoms. The van der Waals surface area contributed by atoms with Crippen molar-refractivity contribution in [2.24, 2.45) is 0 Å². The number of thioether (sulfide) groups is 1. The Morgan fingerprint density at radius 1 is 1.27 bits per heavy atom. The molecule has 26 heavy (non-hydrogen) atoms. The molecule has 1 aromatic rings. The predicted molar refractivity (Wildman–Crippen MR) is 100 cm³/mol. The van der Waals surface area contributed by atoms with Gasteiger partial charge in [-0.2, -0.15) is 0 Å². The molecule has 0 aliphatic carbocycles. The number of carbonyl (C=O) groups excluding carboxylic acids is 3. The molecule has 0 aromatic heterocycles. The van der Waals surface area contributed by atoms with Crippen LogP contribution in [0.15, 0.2) is 29.2 Å². The Morgan fingerprint density at radius 3 is 2.58 bits per heavy atom. The molecule has 3 amide bonds. The van der Waals surface area contributed by atoms with Crippen LogP contribution in [-0.2, 0) is 9.59 Å². The molecule has 9 heteroatoms. The van der Waals surface area contributed by atoms with Crippen molar-refractivity contribution < 1.29 is 19.3 Å². The van der Waals surface area contributed by atoms with E-state index in [1.165, 1.54) is 4.90 Å². The van der Waals surface area contributed by atoms with Crippen LogP contribution in [0.3, 0.4) is 0 Å². The van der Waals surface area contributed by atoms with E-state index in [1.807, 2.05) is 5.01 Å². The van der Waals surface area contributed by atoms with Crippen molar-refractivity contribution in [3.8, 4) is 0 Å². The number of benzene rings is 1. The number of quaternary nitrogens is 1. The minimum atomic E-state index is -0.451. The van der Waals surface area contributed by atoms with Crippen molar-refractivity contribution in [2.75, 3.05) is 39.8 Å². The number of likely N-dealkylation sites (N-methyl/N-ethyl adjacent to an activating group) is 1. The number of piperazine rings is 1. The van der Waals surface area contributed by atoms with Gasteiger partial charge in [-0.05, 0) is 35.5 Å². The van der Waals surface area contributed by atoms with Crippen LogP contribution in [0.1, 0.15) is 5.56 Å². The van der Waals surface area contributed by atoms with Crippen LogP contribution >= 0.6 is 23.4 Å². The first-order valence-electron chi connectivity index (χ1n) is 8.29. The second-order valence-corrected chi connectivity index (χ2v) is 7.73. The monoisotopic (exact) mass is 395 g/mol. The topological polar surface area (TPSA) is 74.2 Å². The summed E-state index contributed by atoms with van der Waals surface area (Å²) in [4.78, 5) is 39.4. The third kappa shape index (κ3) is 4.64. The number of rotatable bonds is 4. The van der Waals surface area contributed by atoms with E-state index in [0.717, 1.165) is 48.4 Å². The number of halogens is 1. The van der Waals surface area contributed by atoms with Crippen molar-refractivity contribution in [2.45, 2.75) is 0 Å². The highest BCUT2D eigenvalue weighted by Gasteiger charge is 2.36. The van der Waals surface area contributed by atoms with E-state index in [4.69, 9.17) is 11.6 Å². The fourth-order valence-electron chi connectivity index (χ4n) is 2.70. The predicted octanol–water partition coefficient (Wildman–Crippen LogP) is 0.238. The zero-order valence-electron chi connectivity index (χ0n) is 14.3. The third-order valence-electron chi connectivity index (χ3n) is 4.24. The van der Waals surface area contributed by atoms with Gasteiger partial charge in [-0.15, -0.1) is 0 Å².